The van der Waals surface area contributed by atoms with Crippen LogP contribution in [0.25, 0.3) is 0 Å². The van der Waals surface area contributed by atoms with E-state index in [-0.39, 0.29) is 0 Å². The zero-order chi connectivity index (χ0) is 14.2. The van der Waals surface area contributed by atoms with Crippen LogP contribution in [0.1, 0.15) is 33.1 Å². The molecule has 1 aliphatic carbocycles. The predicted molar refractivity (Wildman–Crippen MR) is 81.7 cm³/mol. The summed E-state index contributed by atoms with van der Waals surface area (Å²) in [6, 6.07) is 0.737. The Kier molecular flexibility index (Phi) is 4.37. The van der Waals surface area contributed by atoms with E-state index in [0.717, 1.165) is 50.7 Å². The topological polar surface area (TPSA) is 41.7 Å². The minimum Gasteiger partial charge on any atom is -0.379 e. The Morgan fingerprint density at radius 3 is 2.50 bits per heavy atom. The average Bonchev–Trinajstić information content (AvgIpc) is 2.89. The summed E-state index contributed by atoms with van der Waals surface area (Å²) in [6.07, 6.45) is 3.95. The standard InChI is InChI=1S/C16H31N3O/c1-13(2)14-9-16(10-14,12-17)19-4-3-15(11-19)18-5-7-20-8-6-18/h13-15H,3-12,17H2,1-2H3. The summed E-state index contributed by atoms with van der Waals surface area (Å²) in [5, 5.41) is 0. The number of hydrogen-bond acceptors (Lipinski definition) is 4. The molecule has 3 fully saturated rings. The molecule has 0 spiro atoms. The maximum Gasteiger partial charge on any atom is 0.0594 e. The van der Waals surface area contributed by atoms with Crippen LogP contribution >= 0.6 is 0 Å². The van der Waals surface area contributed by atoms with Crippen LogP contribution in [-0.2, 0) is 4.74 Å². The van der Waals surface area contributed by atoms with E-state index in [1.165, 1.54) is 32.4 Å². The molecule has 4 nitrogen and oxygen atoms in total. The highest BCUT2D eigenvalue weighted by Gasteiger charge is 2.50. The Bertz CT molecular complexity index is 322. The van der Waals surface area contributed by atoms with E-state index in [1.807, 2.05) is 0 Å². The molecule has 2 aliphatic heterocycles. The maximum atomic E-state index is 6.16. The molecular formula is C16H31N3O. The largest absolute Gasteiger partial charge is 0.379 e. The van der Waals surface area contributed by atoms with Crippen molar-refractivity contribution in [2.45, 2.75) is 44.7 Å². The lowest BCUT2D eigenvalue weighted by molar-refractivity contribution is -0.0301. The van der Waals surface area contributed by atoms with Crippen molar-refractivity contribution >= 4 is 0 Å². The zero-order valence-corrected chi connectivity index (χ0v) is 13.2. The summed E-state index contributed by atoms with van der Waals surface area (Å²) in [5.41, 5.74) is 6.49. The first kappa shape index (κ1) is 14.8. The maximum absolute atomic E-state index is 6.16. The number of likely N-dealkylation sites (tertiary alicyclic amines) is 1. The molecule has 1 saturated carbocycles. The van der Waals surface area contributed by atoms with Crippen molar-refractivity contribution in [1.82, 2.24) is 9.80 Å². The lowest BCUT2D eigenvalue weighted by Crippen LogP contribution is -2.62. The van der Waals surface area contributed by atoms with Gasteiger partial charge in [-0.3, -0.25) is 9.80 Å². The van der Waals surface area contributed by atoms with Gasteiger partial charge in [0.25, 0.3) is 0 Å². The first-order valence-corrected chi connectivity index (χ1v) is 8.41. The molecule has 0 aromatic heterocycles. The van der Waals surface area contributed by atoms with Crippen LogP contribution in [-0.4, -0.2) is 67.3 Å². The van der Waals surface area contributed by atoms with Crippen molar-refractivity contribution < 1.29 is 4.74 Å². The lowest BCUT2D eigenvalue weighted by atomic mass is 9.63. The first-order chi connectivity index (χ1) is 9.64. The summed E-state index contributed by atoms with van der Waals surface area (Å²) in [4.78, 5) is 5.35. The first-order valence-electron chi connectivity index (χ1n) is 8.41. The number of morpholine rings is 1. The minimum atomic E-state index is 0.329. The fraction of sp³-hybridized carbons (Fsp3) is 1.00. The molecule has 1 unspecified atom stereocenters. The Morgan fingerprint density at radius 2 is 1.90 bits per heavy atom. The smallest absolute Gasteiger partial charge is 0.0594 e. The van der Waals surface area contributed by atoms with Gasteiger partial charge in [-0.1, -0.05) is 13.8 Å². The van der Waals surface area contributed by atoms with Gasteiger partial charge in [-0.15, -0.1) is 0 Å². The highest BCUT2D eigenvalue weighted by atomic mass is 16.5. The second-order valence-electron chi connectivity index (χ2n) is 7.38. The second-order valence-corrected chi connectivity index (χ2v) is 7.38. The number of ether oxygens (including phenoxy) is 1. The summed E-state index contributed by atoms with van der Waals surface area (Å²) in [5.74, 6) is 1.70. The Balaban J connectivity index is 1.56. The molecular weight excluding hydrogens is 250 g/mol. The van der Waals surface area contributed by atoms with Crippen LogP contribution in [0.3, 0.4) is 0 Å². The van der Waals surface area contributed by atoms with Gasteiger partial charge in [-0.25, -0.2) is 0 Å². The molecule has 2 saturated heterocycles. The number of rotatable bonds is 4. The van der Waals surface area contributed by atoms with Crippen molar-refractivity contribution in [2.75, 3.05) is 45.9 Å². The third kappa shape index (κ3) is 2.63. The SMILES string of the molecule is CC(C)C1CC(CN)(N2CCC(N3CCOCC3)C2)C1. The van der Waals surface area contributed by atoms with Crippen molar-refractivity contribution in [1.29, 1.82) is 0 Å². The number of hydrogen-bond donors (Lipinski definition) is 1. The van der Waals surface area contributed by atoms with Crippen LogP contribution < -0.4 is 5.73 Å². The lowest BCUT2D eigenvalue weighted by Gasteiger charge is -2.54. The molecule has 20 heavy (non-hydrogen) atoms. The summed E-state index contributed by atoms with van der Waals surface area (Å²) >= 11 is 0. The molecule has 3 rings (SSSR count). The van der Waals surface area contributed by atoms with Crippen LogP contribution in [0.4, 0.5) is 0 Å². The summed E-state index contributed by atoms with van der Waals surface area (Å²) < 4.78 is 5.47. The van der Waals surface area contributed by atoms with Crippen LogP contribution in [0.2, 0.25) is 0 Å². The van der Waals surface area contributed by atoms with E-state index < -0.39 is 0 Å². The molecule has 116 valence electrons. The predicted octanol–water partition coefficient (Wildman–Crippen LogP) is 1.16. The molecule has 2 N–H and O–H groups in total. The van der Waals surface area contributed by atoms with Gasteiger partial charge in [-0.2, -0.15) is 0 Å². The number of nitrogens with two attached hydrogens (primary N) is 1. The van der Waals surface area contributed by atoms with Crippen molar-refractivity contribution in [2.24, 2.45) is 17.6 Å². The molecule has 4 heteroatoms. The molecule has 0 amide bonds. The third-order valence-corrected chi connectivity index (χ3v) is 6.00. The number of nitrogens with zero attached hydrogens (tertiary/aromatic N) is 2. The molecule has 0 aromatic carbocycles. The minimum absolute atomic E-state index is 0.329. The van der Waals surface area contributed by atoms with Gasteiger partial charge >= 0.3 is 0 Å². The van der Waals surface area contributed by atoms with E-state index in [9.17, 15) is 0 Å². The molecule has 0 bridgehead atoms. The highest BCUT2D eigenvalue weighted by molar-refractivity contribution is 5.06. The van der Waals surface area contributed by atoms with Gasteiger partial charge in [0.1, 0.15) is 0 Å². The normalized spacial score (nSPS) is 40.2. The van der Waals surface area contributed by atoms with Gasteiger partial charge in [0.05, 0.1) is 13.2 Å². The Labute approximate surface area is 123 Å². The van der Waals surface area contributed by atoms with Crippen LogP contribution in [0, 0.1) is 11.8 Å². The van der Waals surface area contributed by atoms with Crippen LogP contribution in [0.15, 0.2) is 0 Å². The second kappa shape index (κ2) is 5.91. The summed E-state index contributed by atoms with van der Waals surface area (Å²) in [7, 11) is 0. The summed E-state index contributed by atoms with van der Waals surface area (Å²) in [6.45, 7) is 12.1. The van der Waals surface area contributed by atoms with Gasteiger partial charge in [0.15, 0.2) is 0 Å². The van der Waals surface area contributed by atoms with Crippen molar-refractivity contribution in [3.8, 4) is 0 Å². The van der Waals surface area contributed by atoms with E-state index in [2.05, 4.69) is 23.6 Å². The molecule has 1 atom stereocenters. The van der Waals surface area contributed by atoms with Crippen molar-refractivity contribution in [3.05, 3.63) is 0 Å². The monoisotopic (exact) mass is 281 g/mol. The van der Waals surface area contributed by atoms with Crippen LogP contribution in [0.5, 0.6) is 0 Å². The molecule has 0 radical (unpaired) electrons. The van der Waals surface area contributed by atoms with Gasteiger partial charge < -0.3 is 10.5 Å². The fourth-order valence-corrected chi connectivity index (χ4v) is 4.35. The van der Waals surface area contributed by atoms with Gasteiger partial charge in [-0.05, 0) is 31.1 Å². The molecule has 2 heterocycles. The third-order valence-electron chi connectivity index (χ3n) is 6.00. The van der Waals surface area contributed by atoms with E-state index in [0.29, 0.717) is 5.54 Å². The van der Waals surface area contributed by atoms with E-state index in [4.69, 9.17) is 10.5 Å². The van der Waals surface area contributed by atoms with Gasteiger partial charge in [0.2, 0.25) is 0 Å². The van der Waals surface area contributed by atoms with Gasteiger partial charge in [0, 0.05) is 44.3 Å². The zero-order valence-electron chi connectivity index (χ0n) is 13.2. The average molecular weight is 281 g/mol. The highest BCUT2D eigenvalue weighted by Crippen LogP contribution is 2.46. The Hall–Kier alpha value is -0.160. The van der Waals surface area contributed by atoms with Crippen molar-refractivity contribution in [3.63, 3.8) is 0 Å². The Morgan fingerprint density at radius 1 is 1.20 bits per heavy atom. The molecule has 0 aromatic rings. The van der Waals surface area contributed by atoms with E-state index in [1.54, 1.807) is 0 Å². The van der Waals surface area contributed by atoms with E-state index >= 15 is 0 Å². The quantitative estimate of drug-likeness (QED) is 0.839. The fourth-order valence-electron chi connectivity index (χ4n) is 4.35. The molecule has 3 aliphatic rings.